The van der Waals surface area contributed by atoms with Crippen molar-refractivity contribution in [2.45, 2.75) is 25.4 Å². The number of benzene rings is 1. The molecular formula is C25H24FN5O2S. The number of amides is 1. The van der Waals surface area contributed by atoms with Crippen molar-refractivity contribution in [2.75, 3.05) is 23.9 Å². The van der Waals surface area contributed by atoms with Gasteiger partial charge in [0.2, 0.25) is 5.95 Å². The molecule has 1 N–H and O–H groups in total. The molecule has 1 fully saturated rings. The van der Waals surface area contributed by atoms with Gasteiger partial charge in [0.1, 0.15) is 11.4 Å². The molecule has 4 aromatic rings. The van der Waals surface area contributed by atoms with Crippen molar-refractivity contribution in [3.63, 3.8) is 0 Å². The summed E-state index contributed by atoms with van der Waals surface area (Å²) in [5, 5.41) is 5.48. The molecule has 0 spiro atoms. The number of methoxy groups -OCH3 is 1. The van der Waals surface area contributed by atoms with Gasteiger partial charge in [0.15, 0.2) is 5.13 Å². The highest BCUT2D eigenvalue weighted by atomic mass is 32.1. The first-order chi connectivity index (χ1) is 16.6. The van der Waals surface area contributed by atoms with Crippen LogP contribution in [0.2, 0.25) is 0 Å². The lowest BCUT2D eigenvalue weighted by atomic mass is 10.1. The molecule has 174 valence electrons. The fraction of sp³-hybridized carbons (Fsp3) is 0.240. The predicted octanol–water partition coefficient (Wildman–Crippen LogP) is 5.13. The third-order valence-electron chi connectivity index (χ3n) is 5.91. The number of pyridine rings is 1. The van der Waals surface area contributed by atoms with Crippen LogP contribution in [0.25, 0.3) is 0 Å². The number of anilines is 2. The minimum absolute atomic E-state index is 0.190. The van der Waals surface area contributed by atoms with E-state index in [1.165, 1.54) is 29.3 Å². The Morgan fingerprint density at radius 3 is 2.91 bits per heavy atom. The maximum Gasteiger partial charge on any atom is 0.274 e. The highest BCUT2D eigenvalue weighted by Crippen LogP contribution is 2.37. The van der Waals surface area contributed by atoms with Gasteiger partial charge in [-0.1, -0.05) is 18.2 Å². The monoisotopic (exact) mass is 477 g/mol. The standard InChI is InChI=1S/C25H24FN5O2S/c1-33-19-13-22(30(15-19)14-17-9-10-27-23(26)12-17)24(32)29-25-28-20(16-34-25)21-8-5-11-31(21)18-6-3-2-4-7-18/h2-4,6-7,9-10,12-13,15-16,21H,5,8,11,14H2,1H3,(H,28,29,32)/t21-/m1/s1. The molecule has 0 bridgehead atoms. The largest absolute Gasteiger partial charge is 0.495 e. The molecule has 1 aliphatic heterocycles. The van der Waals surface area contributed by atoms with Crippen molar-refractivity contribution in [1.29, 1.82) is 0 Å². The summed E-state index contributed by atoms with van der Waals surface area (Å²) in [6.07, 6.45) is 5.25. The Hall–Kier alpha value is -3.72. The first kappa shape index (κ1) is 22.1. The molecule has 1 amide bonds. The molecule has 0 unspecified atom stereocenters. The van der Waals surface area contributed by atoms with Gasteiger partial charge in [0, 0.05) is 42.6 Å². The van der Waals surface area contributed by atoms with Crippen molar-refractivity contribution >= 4 is 28.1 Å². The van der Waals surface area contributed by atoms with Gasteiger partial charge in [-0.25, -0.2) is 9.97 Å². The zero-order valence-corrected chi connectivity index (χ0v) is 19.5. The van der Waals surface area contributed by atoms with Gasteiger partial charge in [-0.3, -0.25) is 10.1 Å². The summed E-state index contributed by atoms with van der Waals surface area (Å²) in [4.78, 5) is 23.8. The Morgan fingerprint density at radius 1 is 1.26 bits per heavy atom. The maximum atomic E-state index is 13.5. The zero-order chi connectivity index (χ0) is 23.5. The van der Waals surface area contributed by atoms with E-state index in [-0.39, 0.29) is 11.9 Å². The molecule has 1 atom stereocenters. The van der Waals surface area contributed by atoms with Crippen LogP contribution in [0.1, 0.15) is 40.6 Å². The van der Waals surface area contributed by atoms with Crippen LogP contribution >= 0.6 is 11.3 Å². The molecule has 9 heteroatoms. The first-order valence-electron chi connectivity index (χ1n) is 11.0. The molecule has 0 radical (unpaired) electrons. The van der Waals surface area contributed by atoms with E-state index in [0.29, 0.717) is 28.7 Å². The number of ether oxygens (including phenoxy) is 1. The number of thiazole rings is 1. The van der Waals surface area contributed by atoms with Crippen LogP contribution in [0.5, 0.6) is 5.75 Å². The van der Waals surface area contributed by atoms with Gasteiger partial charge in [-0.2, -0.15) is 4.39 Å². The van der Waals surface area contributed by atoms with Gasteiger partial charge in [-0.05, 0) is 42.7 Å². The van der Waals surface area contributed by atoms with E-state index < -0.39 is 5.95 Å². The number of halogens is 1. The molecule has 34 heavy (non-hydrogen) atoms. The van der Waals surface area contributed by atoms with Crippen LogP contribution in [-0.2, 0) is 6.54 Å². The Bertz CT molecular complexity index is 1290. The second-order valence-corrected chi connectivity index (χ2v) is 8.96. The lowest BCUT2D eigenvalue weighted by molar-refractivity contribution is 0.101. The molecule has 3 aromatic heterocycles. The fourth-order valence-electron chi connectivity index (χ4n) is 4.31. The Kier molecular flexibility index (Phi) is 6.27. The minimum atomic E-state index is -0.561. The lowest BCUT2D eigenvalue weighted by Gasteiger charge is -2.25. The van der Waals surface area contributed by atoms with Crippen molar-refractivity contribution in [3.05, 3.63) is 89.2 Å². The van der Waals surface area contributed by atoms with Crippen molar-refractivity contribution in [3.8, 4) is 5.75 Å². The molecular weight excluding hydrogens is 453 g/mol. The Morgan fingerprint density at radius 2 is 2.12 bits per heavy atom. The average molecular weight is 478 g/mol. The second-order valence-electron chi connectivity index (χ2n) is 8.10. The molecule has 0 aliphatic carbocycles. The summed E-state index contributed by atoms with van der Waals surface area (Å²) in [6, 6.07) is 15.2. The van der Waals surface area contributed by atoms with Crippen LogP contribution in [-0.4, -0.2) is 34.1 Å². The summed E-state index contributed by atoms with van der Waals surface area (Å²) < 4.78 is 20.6. The molecule has 0 saturated carbocycles. The van der Waals surface area contributed by atoms with Crippen LogP contribution in [0.3, 0.4) is 0 Å². The Labute approximate surface area is 200 Å². The maximum absolute atomic E-state index is 13.5. The normalized spacial score (nSPS) is 15.5. The molecule has 7 nitrogen and oxygen atoms in total. The molecule has 4 heterocycles. The summed E-state index contributed by atoms with van der Waals surface area (Å²) in [7, 11) is 1.54. The van der Waals surface area contributed by atoms with E-state index in [0.717, 1.165) is 25.1 Å². The third-order valence-corrected chi connectivity index (χ3v) is 6.68. The number of hydrogen-bond acceptors (Lipinski definition) is 6. The number of hydrogen-bond donors (Lipinski definition) is 1. The highest BCUT2D eigenvalue weighted by molar-refractivity contribution is 7.14. The third kappa shape index (κ3) is 4.65. The number of rotatable bonds is 7. The summed E-state index contributed by atoms with van der Waals surface area (Å²) in [5.74, 6) is -0.316. The van der Waals surface area contributed by atoms with Crippen LogP contribution < -0.4 is 15.0 Å². The van der Waals surface area contributed by atoms with Gasteiger partial charge in [0.25, 0.3) is 5.91 Å². The van der Waals surface area contributed by atoms with Gasteiger partial charge < -0.3 is 14.2 Å². The Balaban J connectivity index is 1.33. The SMILES string of the molecule is COc1cc(C(=O)Nc2nc([C@H]3CCCN3c3ccccc3)cs2)n(Cc2ccnc(F)c2)c1. The number of nitrogens with one attached hydrogen (secondary N) is 1. The van der Waals surface area contributed by atoms with Crippen molar-refractivity contribution in [1.82, 2.24) is 14.5 Å². The number of nitrogens with zero attached hydrogens (tertiary/aromatic N) is 4. The number of carbonyl (C=O) groups is 1. The zero-order valence-electron chi connectivity index (χ0n) is 18.6. The molecule has 5 rings (SSSR count). The van der Waals surface area contributed by atoms with Crippen molar-refractivity contribution in [2.24, 2.45) is 0 Å². The molecule has 1 aromatic carbocycles. The van der Waals surface area contributed by atoms with Gasteiger partial charge >= 0.3 is 0 Å². The summed E-state index contributed by atoms with van der Waals surface area (Å²) in [6.45, 7) is 1.29. The quantitative estimate of drug-likeness (QED) is 0.374. The van der Waals surface area contributed by atoms with Gasteiger partial charge in [0.05, 0.1) is 18.8 Å². The summed E-state index contributed by atoms with van der Waals surface area (Å²) >= 11 is 1.41. The van der Waals surface area contributed by atoms with E-state index >= 15 is 0 Å². The average Bonchev–Trinajstić information content (AvgIpc) is 3.59. The van der Waals surface area contributed by atoms with E-state index in [2.05, 4.69) is 27.3 Å². The van der Waals surface area contributed by atoms with Crippen LogP contribution in [0, 0.1) is 5.95 Å². The van der Waals surface area contributed by atoms with E-state index in [9.17, 15) is 9.18 Å². The smallest absolute Gasteiger partial charge is 0.274 e. The highest BCUT2D eigenvalue weighted by Gasteiger charge is 2.28. The van der Waals surface area contributed by atoms with Crippen LogP contribution in [0.4, 0.5) is 15.2 Å². The first-order valence-corrected chi connectivity index (χ1v) is 11.9. The molecule has 1 saturated heterocycles. The number of para-hydroxylation sites is 1. The fourth-order valence-corrected chi connectivity index (χ4v) is 5.07. The van der Waals surface area contributed by atoms with E-state index in [4.69, 9.17) is 9.72 Å². The lowest BCUT2D eigenvalue weighted by Crippen LogP contribution is -2.22. The summed E-state index contributed by atoms with van der Waals surface area (Å²) in [5.41, 5.74) is 3.24. The topological polar surface area (TPSA) is 72.3 Å². The number of carbonyl (C=O) groups excluding carboxylic acids is 1. The van der Waals surface area contributed by atoms with E-state index in [1.54, 1.807) is 30.0 Å². The van der Waals surface area contributed by atoms with E-state index in [1.807, 2.05) is 23.6 Å². The van der Waals surface area contributed by atoms with Crippen molar-refractivity contribution < 1.29 is 13.9 Å². The van der Waals surface area contributed by atoms with Gasteiger partial charge in [-0.15, -0.1) is 11.3 Å². The molecule has 1 aliphatic rings. The van der Waals surface area contributed by atoms with Crippen LogP contribution in [0.15, 0.2) is 66.3 Å². The predicted molar refractivity (Wildman–Crippen MR) is 130 cm³/mol. The second kappa shape index (κ2) is 9.64. The minimum Gasteiger partial charge on any atom is -0.495 e. The number of aromatic nitrogens is 3.